The molecule has 3 aromatic heterocycles. The maximum absolute atomic E-state index is 10.8. The highest BCUT2D eigenvalue weighted by atomic mass is 28.3. The lowest BCUT2D eigenvalue weighted by molar-refractivity contribution is 0.195. The van der Waals surface area contributed by atoms with Gasteiger partial charge in [-0.15, -0.1) is 0 Å². The molecule has 13 rings (SSSR count). The first-order chi connectivity index (χ1) is 40.4. The number of fused-ring (bicyclic) bond motifs is 9. The van der Waals surface area contributed by atoms with Gasteiger partial charge in [0.25, 0.3) is 0 Å². The average molecular weight is 886 g/mol. The van der Waals surface area contributed by atoms with E-state index in [1.807, 2.05) is 84.9 Å². The first-order valence-electron chi connectivity index (χ1n) is 31.5. The second-order valence-corrected chi connectivity index (χ2v) is 21.1. The number of pyridine rings is 1. The van der Waals surface area contributed by atoms with Crippen LogP contribution in [-0.4, -0.2) is 27.7 Å². The van der Waals surface area contributed by atoms with Crippen LogP contribution in [0.3, 0.4) is 0 Å². The maximum Gasteiger partial charge on any atom is 0.179 e. The maximum atomic E-state index is 10.8. The summed E-state index contributed by atoms with van der Waals surface area (Å²) in [5, 5.41) is -0.394. The Morgan fingerprint density at radius 1 is 0.485 bits per heavy atom. The quantitative estimate of drug-likeness (QED) is 0.118. The summed E-state index contributed by atoms with van der Waals surface area (Å²) < 4.78 is 183. The van der Waals surface area contributed by atoms with Crippen LogP contribution in [0.5, 0.6) is 0 Å². The molecule has 2 aliphatic rings. The van der Waals surface area contributed by atoms with E-state index in [0.717, 1.165) is 70.2 Å². The van der Waals surface area contributed by atoms with Gasteiger partial charge in [-0.25, -0.2) is 4.98 Å². The van der Waals surface area contributed by atoms with Crippen molar-refractivity contribution in [1.29, 1.82) is 0 Å². The van der Waals surface area contributed by atoms with Crippen molar-refractivity contribution in [3.63, 3.8) is 0 Å². The molecule has 318 valence electrons. The van der Waals surface area contributed by atoms with E-state index in [2.05, 4.69) is 29.4 Å². The van der Waals surface area contributed by atoms with Gasteiger partial charge in [-0.05, 0) is 107 Å². The number of para-hydroxylation sites is 2. The minimum atomic E-state index is -6.14. The van der Waals surface area contributed by atoms with Crippen LogP contribution in [0.1, 0.15) is 71.1 Å². The largest absolute Gasteiger partial charge is 0.319 e. The molecule has 8 aromatic carbocycles. The Balaban J connectivity index is 1.23. The van der Waals surface area contributed by atoms with Gasteiger partial charge in [0.15, 0.2) is 8.07 Å². The van der Waals surface area contributed by atoms with Crippen LogP contribution in [0.15, 0.2) is 218 Å². The molecule has 5 heteroatoms. The molecule has 0 saturated heterocycles. The molecule has 1 aliphatic heterocycles. The fourth-order valence-electron chi connectivity index (χ4n) is 11.3. The predicted molar refractivity (Wildman–Crippen MR) is 279 cm³/mol. The number of anilines is 2. The minimum absolute atomic E-state index is 0.294. The first kappa shape index (κ1) is 24.2. The van der Waals surface area contributed by atoms with E-state index >= 15 is 0 Å². The summed E-state index contributed by atoms with van der Waals surface area (Å²) >= 11 is 0. The molecule has 0 N–H and O–H groups in total. The number of hydrogen-bond acceptors (Lipinski definition) is 2. The number of hydrogen-bond donors (Lipinski definition) is 0. The molecule has 4 heterocycles. The lowest BCUT2D eigenvalue weighted by atomic mass is 9.61. The van der Waals surface area contributed by atoms with Crippen molar-refractivity contribution in [3.05, 3.63) is 224 Å². The lowest BCUT2D eigenvalue weighted by Crippen LogP contribution is -2.74. The van der Waals surface area contributed by atoms with Gasteiger partial charge in [-0.1, -0.05) is 165 Å². The number of aromatic nitrogens is 3. The summed E-state index contributed by atoms with van der Waals surface area (Å²) in [7, 11) is -6.14. The van der Waals surface area contributed by atoms with Crippen LogP contribution in [0.4, 0.5) is 11.5 Å². The molecule has 1 aliphatic carbocycles. The third-order valence-corrected chi connectivity index (χ3v) is 18.5. The molecule has 0 radical (unpaired) electrons. The molecule has 1 saturated carbocycles. The first-order valence-corrected chi connectivity index (χ1v) is 24.0. The third-order valence-electron chi connectivity index (χ3n) is 14.5. The van der Waals surface area contributed by atoms with Crippen LogP contribution in [0, 0.1) is 0 Å². The van der Waals surface area contributed by atoms with Crippen molar-refractivity contribution in [2.45, 2.75) is 50.5 Å². The van der Waals surface area contributed by atoms with Crippen LogP contribution < -0.4 is 25.6 Å². The Morgan fingerprint density at radius 3 is 1.62 bits per heavy atom. The standard InChI is InChI=1S/C61H50N4Si/c1-60-37-16-17-38-61(60,2)65(59-54(60)30-19-39-62-59)45-34-36-58-53(42-45)52-41-44(64-55-31-14-12-28-50(55)51-29-13-15-32-56(51)64)33-35-57(52)63(58)43-20-18-27-49(40-43)66(46-21-6-3-7-22-46,47-23-8-4-9-24-47)48-25-10-5-11-26-48/h3-15,18-36,39-42H,16-17,37-38H2,1-2H3/i3D,4D,5D,6D,7D,8D,9D,10D,11D,18D,20D,21D,22D,23D,24D,25D,26D,27D,40D. The highest BCUT2D eigenvalue weighted by Crippen LogP contribution is 2.60. The van der Waals surface area contributed by atoms with Gasteiger partial charge in [0, 0.05) is 55.8 Å². The van der Waals surface area contributed by atoms with Crippen LogP contribution in [0.25, 0.3) is 55.0 Å². The SMILES string of the molecule is [2H]c1c([2H])c([2H])c([Si](c2c([2H])c([2H])c([2H])c([2H])c2[2H])(c2c([2H])c([2H])c([2H])c([2H])c2[2H])c2c([2H])c([2H])c([2H])c(-n3c4ccc(N5c6ncccc6C6(C)CCCCC56C)cc4c4cc(-n5c6ccccc6c6ccccc65)ccc43)c2[2H])c([2H])c1[2H]. The zero-order valence-electron chi connectivity index (χ0n) is 54.9. The Bertz CT molecular complexity index is 4500. The Hall–Kier alpha value is -7.47. The van der Waals surface area contributed by atoms with Crippen molar-refractivity contribution in [2.24, 2.45) is 0 Å². The van der Waals surface area contributed by atoms with Crippen molar-refractivity contribution in [2.75, 3.05) is 4.90 Å². The Kier molecular flexibility index (Phi) is 5.41. The number of nitrogens with zero attached hydrogens (tertiary/aromatic N) is 4. The summed E-state index contributed by atoms with van der Waals surface area (Å²) in [6, 6.07) is 12.5. The van der Waals surface area contributed by atoms with Gasteiger partial charge in [-0.3, -0.25) is 0 Å². The Morgan fingerprint density at radius 2 is 1.00 bits per heavy atom. The second kappa shape index (κ2) is 14.8. The zero-order chi connectivity index (χ0) is 60.6. The van der Waals surface area contributed by atoms with Crippen molar-refractivity contribution < 1.29 is 26.0 Å². The molecule has 0 amide bonds. The average Bonchev–Trinajstić information content (AvgIpc) is 0.954. The molecule has 2 unspecified atom stereocenters. The van der Waals surface area contributed by atoms with Gasteiger partial charge in [0.05, 0.1) is 53.7 Å². The van der Waals surface area contributed by atoms with Gasteiger partial charge in [0.1, 0.15) is 5.82 Å². The second-order valence-electron chi connectivity index (χ2n) is 17.6. The smallest absolute Gasteiger partial charge is 0.179 e. The van der Waals surface area contributed by atoms with E-state index in [-0.39, 0.29) is 5.41 Å². The summed E-state index contributed by atoms with van der Waals surface area (Å²) in [6.07, 6.45) is 5.55. The Labute approximate surface area is 413 Å². The fraction of sp³-hybridized carbons (Fsp3) is 0.131. The molecular weight excluding hydrogens is 817 g/mol. The van der Waals surface area contributed by atoms with Gasteiger partial charge in [-0.2, -0.15) is 0 Å². The van der Waals surface area contributed by atoms with Crippen molar-refractivity contribution in [3.8, 4) is 11.4 Å². The van der Waals surface area contributed by atoms with E-state index in [9.17, 15) is 13.7 Å². The molecule has 0 bridgehead atoms. The molecule has 2 atom stereocenters. The highest BCUT2D eigenvalue weighted by molar-refractivity contribution is 7.19. The molecule has 66 heavy (non-hydrogen) atoms. The van der Waals surface area contributed by atoms with Crippen LogP contribution in [0.2, 0.25) is 0 Å². The normalized spacial score (nSPS) is 22.3. The summed E-state index contributed by atoms with van der Waals surface area (Å²) in [5.74, 6) is 0.800. The monoisotopic (exact) mass is 885 g/mol. The van der Waals surface area contributed by atoms with Crippen molar-refractivity contribution >= 4 is 83.9 Å². The summed E-state index contributed by atoms with van der Waals surface area (Å²) in [6.45, 7) is 4.55. The topological polar surface area (TPSA) is 26.0 Å². The zero-order valence-corrected chi connectivity index (χ0v) is 36.9. The van der Waals surface area contributed by atoms with Gasteiger partial charge < -0.3 is 14.0 Å². The van der Waals surface area contributed by atoms with E-state index < -0.39 is 155 Å². The highest BCUT2D eigenvalue weighted by Gasteiger charge is 2.58. The van der Waals surface area contributed by atoms with Gasteiger partial charge >= 0.3 is 0 Å². The predicted octanol–water partition coefficient (Wildman–Crippen LogP) is 12.4. The molecular formula is C61H50N4Si. The number of rotatable bonds is 7. The minimum Gasteiger partial charge on any atom is -0.319 e. The van der Waals surface area contributed by atoms with Gasteiger partial charge in [0.2, 0.25) is 0 Å². The van der Waals surface area contributed by atoms with E-state index in [0.29, 0.717) is 21.8 Å². The van der Waals surface area contributed by atoms with E-state index in [1.165, 1.54) is 0 Å². The summed E-state index contributed by atoms with van der Waals surface area (Å²) in [4.78, 5) is 7.31. The number of benzene rings is 8. The molecule has 4 nitrogen and oxygen atoms in total. The molecule has 0 spiro atoms. The molecule has 11 aromatic rings. The molecule has 1 fully saturated rings. The van der Waals surface area contributed by atoms with Crippen molar-refractivity contribution in [1.82, 2.24) is 14.1 Å². The van der Waals surface area contributed by atoms with E-state index in [1.54, 1.807) is 16.8 Å². The van der Waals surface area contributed by atoms with E-state index in [4.69, 9.17) is 17.3 Å². The summed E-state index contributed by atoms with van der Waals surface area (Å²) in [5.41, 5.74) is 3.97. The third kappa shape index (κ3) is 5.41. The fourth-order valence-corrected chi connectivity index (χ4v) is 14.9. The lowest BCUT2D eigenvalue weighted by Gasteiger charge is -2.50. The van der Waals surface area contributed by atoms with Crippen LogP contribution in [-0.2, 0) is 5.41 Å². The van der Waals surface area contributed by atoms with Crippen LogP contribution >= 0.6 is 0 Å².